The van der Waals surface area contributed by atoms with Crippen molar-refractivity contribution >= 4 is 12.2 Å². The first-order chi connectivity index (χ1) is 14.6. The van der Waals surface area contributed by atoms with E-state index in [1.165, 1.54) is 5.56 Å². The normalized spacial score (nSPS) is 11.1. The molecule has 0 unspecified atom stereocenters. The summed E-state index contributed by atoms with van der Waals surface area (Å²) in [5.41, 5.74) is 6.43. The highest BCUT2D eigenvalue weighted by Crippen LogP contribution is 2.21. The van der Waals surface area contributed by atoms with Crippen molar-refractivity contribution in [3.63, 3.8) is 0 Å². The van der Waals surface area contributed by atoms with Gasteiger partial charge in [0.05, 0.1) is 5.69 Å². The Morgan fingerprint density at radius 3 is 2.33 bits per heavy atom. The number of rotatable bonds is 9. The molecule has 0 saturated carbocycles. The molecule has 2 nitrogen and oxygen atoms in total. The molecular weight excluding hydrogens is 366 g/mol. The van der Waals surface area contributed by atoms with E-state index in [0.29, 0.717) is 6.61 Å². The summed E-state index contributed by atoms with van der Waals surface area (Å²) in [6.45, 7) is 10.8. The van der Waals surface area contributed by atoms with Crippen LogP contribution in [0.5, 0.6) is 5.75 Å². The van der Waals surface area contributed by atoms with Crippen LogP contribution in [0, 0.1) is 6.92 Å². The average molecular weight is 394 g/mol. The number of nitrogens with zero attached hydrogens (tertiary/aromatic N) is 1. The molecule has 1 heterocycles. The van der Waals surface area contributed by atoms with Crippen LogP contribution >= 0.6 is 0 Å². The Balaban J connectivity index is 1.52. The summed E-state index contributed by atoms with van der Waals surface area (Å²) in [5.74, 6) is 0.841. The quantitative estimate of drug-likeness (QED) is 0.359. The van der Waals surface area contributed by atoms with Crippen molar-refractivity contribution in [2.75, 3.05) is 0 Å². The first-order valence-electron chi connectivity index (χ1n) is 10.0. The van der Waals surface area contributed by atoms with Crippen LogP contribution in [0.25, 0.3) is 12.2 Å². The van der Waals surface area contributed by atoms with E-state index in [2.05, 4.69) is 61.5 Å². The second kappa shape index (κ2) is 10.8. The number of aryl methyl sites for hydroxylation is 1. The Labute approximate surface area is 179 Å². The Hall–Kier alpha value is -3.65. The van der Waals surface area contributed by atoms with Crippen molar-refractivity contribution in [3.05, 3.63) is 132 Å². The lowest BCUT2D eigenvalue weighted by Gasteiger charge is -2.08. The minimum Gasteiger partial charge on any atom is -0.487 e. The number of benzene rings is 2. The van der Waals surface area contributed by atoms with Gasteiger partial charge in [0.1, 0.15) is 12.4 Å². The van der Waals surface area contributed by atoms with Gasteiger partial charge in [-0.2, -0.15) is 0 Å². The molecule has 0 aliphatic heterocycles. The minimum absolute atomic E-state index is 0.463. The summed E-state index contributed by atoms with van der Waals surface area (Å²) in [7, 11) is 0. The molecule has 2 heteroatoms. The second-order valence-electron chi connectivity index (χ2n) is 7.20. The molecule has 0 aliphatic rings. The van der Waals surface area contributed by atoms with Gasteiger partial charge in [-0.15, -0.1) is 0 Å². The zero-order valence-electron chi connectivity index (χ0n) is 17.4. The number of hydrogen-bond acceptors (Lipinski definition) is 2. The van der Waals surface area contributed by atoms with Crippen LogP contribution in [0.4, 0.5) is 0 Å². The summed E-state index contributed by atoms with van der Waals surface area (Å²) in [6.07, 6.45) is 10.8. The summed E-state index contributed by atoms with van der Waals surface area (Å²) in [4.78, 5) is 4.28. The molecule has 0 saturated heterocycles. The van der Waals surface area contributed by atoms with Gasteiger partial charge in [-0.05, 0) is 54.3 Å². The van der Waals surface area contributed by atoms with Crippen molar-refractivity contribution < 1.29 is 4.74 Å². The fourth-order valence-electron chi connectivity index (χ4n) is 2.96. The van der Waals surface area contributed by atoms with Crippen LogP contribution in [0.15, 0.2) is 109 Å². The van der Waals surface area contributed by atoms with E-state index in [-0.39, 0.29) is 0 Å². The number of ether oxygens (including phenoxy) is 1. The van der Waals surface area contributed by atoms with Crippen LogP contribution < -0.4 is 4.74 Å². The smallest absolute Gasteiger partial charge is 0.130 e. The minimum atomic E-state index is 0.463. The number of hydrogen-bond donors (Lipinski definition) is 0. The summed E-state index contributed by atoms with van der Waals surface area (Å²) >= 11 is 0. The van der Waals surface area contributed by atoms with Gasteiger partial charge in [-0.25, -0.2) is 0 Å². The largest absolute Gasteiger partial charge is 0.487 e. The first kappa shape index (κ1) is 21.1. The van der Waals surface area contributed by atoms with Crippen LogP contribution in [-0.2, 0) is 6.61 Å². The zero-order chi connectivity index (χ0) is 21.2. The van der Waals surface area contributed by atoms with Gasteiger partial charge in [0, 0.05) is 6.20 Å². The van der Waals surface area contributed by atoms with Crippen molar-refractivity contribution in [3.8, 4) is 5.75 Å². The number of aromatic nitrogens is 1. The van der Waals surface area contributed by atoms with Crippen LogP contribution in [0.3, 0.4) is 0 Å². The number of pyridine rings is 1. The molecule has 0 fully saturated rings. The van der Waals surface area contributed by atoms with Gasteiger partial charge in [0.15, 0.2) is 0 Å². The van der Waals surface area contributed by atoms with Crippen molar-refractivity contribution in [1.29, 1.82) is 0 Å². The molecule has 0 N–H and O–H groups in total. The first-order valence-corrected chi connectivity index (χ1v) is 10.0. The molecule has 2 aromatic carbocycles. The van der Waals surface area contributed by atoms with Crippen molar-refractivity contribution in [1.82, 2.24) is 4.98 Å². The fourth-order valence-corrected chi connectivity index (χ4v) is 2.96. The van der Waals surface area contributed by atoms with Crippen LogP contribution in [-0.4, -0.2) is 4.98 Å². The predicted octanol–water partition coefficient (Wildman–Crippen LogP) is 7.20. The fraction of sp³-hybridized carbons (Fsp3) is 0.107. The lowest BCUT2D eigenvalue weighted by Crippen LogP contribution is -1.98. The molecule has 0 atom stereocenters. The topological polar surface area (TPSA) is 22.1 Å². The standard InChI is InChI=1S/C28H27NO/c1-22(12-14-25-9-5-4-6-10-25)19-23(2)13-15-26-16-17-28(20-24(26)3)30-21-27-11-7-8-18-29-27/h4-18,20H,1-2,19,21H2,3H3/b14-12+,15-13+. The molecule has 150 valence electrons. The number of allylic oxidation sites excluding steroid dienone is 4. The third-order valence-corrected chi connectivity index (χ3v) is 4.62. The third-order valence-electron chi connectivity index (χ3n) is 4.62. The molecule has 0 amide bonds. The van der Waals surface area contributed by atoms with Gasteiger partial charge in [0.2, 0.25) is 0 Å². The van der Waals surface area contributed by atoms with Crippen molar-refractivity contribution in [2.45, 2.75) is 20.0 Å². The summed E-state index contributed by atoms with van der Waals surface area (Å²) in [6, 6.07) is 22.1. The third kappa shape index (κ3) is 6.75. The highest BCUT2D eigenvalue weighted by atomic mass is 16.5. The maximum atomic E-state index is 5.85. The van der Waals surface area contributed by atoms with E-state index in [0.717, 1.165) is 40.1 Å². The molecule has 30 heavy (non-hydrogen) atoms. The molecule has 3 aromatic rings. The van der Waals surface area contributed by atoms with E-state index in [1.807, 2.05) is 54.6 Å². The van der Waals surface area contributed by atoms with E-state index in [4.69, 9.17) is 4.74 Å². The van der Waals surface area contributed by atoms with E-state index >= 15 is 0 Å². The predicted molar refractivity (Wildman–Crippen MR) is 127 cm³/mol. The monoisotopic (exact) mass is 393 g/mol. The van der Waals surface area contributed by atoms with Gasteiger partial charge >= 0.3 is 0 Å². The van der Waals surface area contributed by atoms with Gasteiger partial charge < -0.3 is 4.74 Å². The Morgan fingerprint density at radius 1 is 0.900 bits per heavy atom. The molecule has 1 aromatic heterocycles. The lowest BCUT2D eigenvalue weighted by molar-refractivity contribution is 0.301. The van der Waals surface area contributed by atoms with Crippen LogP contribution in [0.2, 0.25) is 0 Å². The zero-order valence-corrected chi connectivity index (χ0v) is 17.4. The highest BCUT2D eigenvalue weighted by molar-refractivity contribution is 5.58. The molecule has 0 radical (unpaired) electrons. The lowest BCUT2D eigenvalue weighted by atomic mass is 10.0. The molecule has 0 spiro atoms. The maximum Gasteiger partial charge on any atom is 0.130 e. The Bertz CT molecular complexity index is 1050. The van der Waals surface area contributed by atoms with Crippen molar-refractivity contribution in [2.24, 2.45) is 0 Å². The highest BCUT2D eigenvalue weighted by Gasteiger charge is 2.01. The SMILES string of the molecule is C=C(/C=C/c1ccccc1)CC(=C)/C=C/c1ccc(OCc2ccccn2)cc1C. The average Bonchev–Trinajstić information content (AvgIpc) is 2.77. The maximum absolute atomic E-state index is 5.85. The Kier molecular flexibility index (Phi) is 7.57. The molecule has 0 aliphatic carbocycles. The molecular formula is C28H27NO. The van der Waals surface area contributed by atoms with Gasteiger partial charge in [-0.1, -0.05) is 91.1 Å². The van der Waals surface area contributed by atoms with E-state index < -0.39 is 0 Å². The van der Waals surface area contributed by atoms with E-state index in [9.17, 15) is 0 Å². The van der Waals surface area contributed by atoms with Gasteiger partial charge in [0.25, 0.3) is 0 Å². The van der Waals surface area contributed by atoms with Gasteiger partial charge in [-0.3, -0.25) is 4.98 Å². The van der Waals surface area contributed by atoms with E-state index in [1.54, 1.807) is 6.20 Å². The second-order valence-corrected chi connectivity index (χ2v) is 7.20. The molecule has 3 rings (SSSR count). The molecule has 0 bridgehead atoms. The van der Waals surface area contributed by atoms with Crippen LogP contribution in [0.1, 0.15) is 28.8 Å². The Morgan fingerprint density at radius 2 is 1.63 bits per heavy atom. The summed E-state index contributed by atoms with van der Waals surface area (Å²) in [5, 5.41) is 0. The summed E-state index contributed by atoms with van der Waals surface area (Å²) < 4.78 is 5.85.